The zero-order valence-electron chi connectivity index (χ0n) is 10.4. The van der Waals surface area contributed by atoms with Crippen LogP contribution in [0.3, 0.4) is 0 Å². The van der Waals surface area contributed by atoms with Crippen molar-refractivity contribution in [2.24, 2.45) is 11.7 Å². The number of urea groups is 1. The largest absolute Gasteiger partial charge is 0.481 e. The molecule has 2 amide bonds. The van der Waals surface area contributed by atoms with Crippen LogP contribution in [0.5, 0.6) is 0 Å². The lowest BCUT2D eigenvalue weighted by molar-refractivity contribution is -0.137. The van der Waals surface area contributed by atoms with Crippen LogP contribution in [-0.2, 0) is 4.79 Å². The molecular weight excluding hydrogens is 222 g/mol. The standard InChI is InChI=1S/C11H23N3O3/c1-9(3-4-10(15)16)5-8-14-11(17)13-7-2-6-12/h9H,2-8,12H2,1H3,(H,15,16)(H2,13,14,17). The van der Waals surface area contributed by atoms with E-state index in [-0.39, 0.29) is 12.5 Å². The predicted molar refractivity (Wildman–Crippen MR) is 65.7 cm³/mol. The van der Waals surface area contributed by atoms with E-state index in [1.54, 1.807) is 0 Å². The molecule has 0 heterocycles. The van der Waals surface area contributed by atoms with Gasteiger partial charge in [0.05, 0.1) is 0 Å². The second-order valence-electron chi connectivity index (χ2n) is 4.15. The van der Waals surface area contributed by atoms with Crippen molar-refractivity contribution >= 4 is 12.0 Å². The molecule has 0 aromatic carbocycles. The first kappa shape index (κ1) is 15.7. The summed E-state index contributed by atoms with van der Waals surface area (Å²) in [5.41, 5.74) is 5.29. The van der Waals surface area contributed by atoms with Gasteiger partial charge in [0.2, 0.25) is 0 Å². The molecule has 0 spiro atoms. The Hall–Kier alpha value is -1.30. The number of carbonyl (C=O) groups excluding carboxylic acids is 1. The van der Waals surface area contributed by atoms with Crippen molar-refractivity contribution in [2.45, 2.75) is 32.6 Å². The monoisotopic (exact) mass is 245 g/mol. The molecule has 0 saturated carbocycles. The van der Waals surface area contributed by atoms with E-state index in [2.05, 4.69) is 10.6 Å². The Labute approximate surface area is 102 Å². The van der Waals surface area contributed by atoms with Crippen molar-refractivity contribution < 1.29 is 14.7 Å². The van der Waals surface area contributed by atoms with Gasteiger partial charge in [-0.1, -0.05) is 6.92 Å². The topological polar surface area (TPSA) is 104 Å². The molecule has 0 saturated heterocycles. The van der Waals surface area contributed by atoms with Crippen molar-refractivity contribution in [1.29, 1.82) is 0 Å². The molecule has 0 aliphatic carbocycles. The van der Waals surface area contributed by atoms with Crippen LogP contribution in [-0.4, -0.2) is 36.7 Å². The number of carbonyl (C=O) groups is 2. The Kier molecular flexibility index (Phi) is 9.14. The van der Waals surface area contributed by atoms with Gasteiger partial charge in [0.15, 0.2) is 0 Å². The van der Waals surface area contributed by atoms with E-state index in [1.807, 2.05) is 6.92 Å². The SMILES string of the molecule is CC(CCNC(=O)NCCCN)CCC(=O)O. The third-order valence-electron chi connectivity index (χ3n) is 2.44. The first-order valence-electron chi connectivity index (χ1n) is 5.99. The van der Waals surface area contributed by atoms with Gasteiger partial charge in [-0.25, -0.2) is 4.79 Å². The molecule has 0 bridgehead atoms. The first-order valence-corrected chi connectivity index (χ1v) is 5.99. The third-order valence-corrected chi connectivity index (χ3v) is 2.44. The van der Waals surface area contributed by atoms with Gasteiger partial charge >= 0.3 is 12.0 Å². The molecule has 0 aromatic heterocycles. The zero-order valence-corrected chi connectivity index (χ0v) is 10.4. The number of carboxylic acid groups (broad SMARTS) is 1. The fourth-order valence-corrected chi connectivity index (χ4v) is 1.31. The van der Waals surface area contributed by atoms with E-state index in [9.17, 15) is 9.59 Å². The minimum atomic E-state index is -0.774. The van der Waals surface area contributed by atoms with Crippen molar-refractivity contribution in [3.05, 3.63) is 0 Å². The first-order chi connectivity index (χ1) is 8.06. The van der Waals surface area contributed by atoms with Gasteiger partial charge in [0.1, 0.15) is 0 Å². The minimum absolute atomic E-state index is 0.184. The number of amides is 2. The van der Waals surface area contributed by atoms with Gasteiger partial charge in [-0.15, -0.1) is 0 Å². The highest BCUT2D eigenvalue weighted by Crippen LogP contribution is 2.08. The Morgan fingerprint density at radius 3 is 2.47 bits per heavy atom. The van der Waals surface area contributed by atoms with Crippen molar-refractivity contribution in [2.75, 3.05) is 19.6 Å². The van der Waals surface area contributed by atoms with E-state index in [0.29, 0.717) is 32.0 Å². The van der Waals surface area contributed by atoms with Gasteiger partial charge < -0.3 is 21.5 Å². The number of carboxylic acids is 1. The molecule has 0 aliphatic rings. The smallest absolute Gasteiger partial charge is 0.314 e. The Morgan fingerprint density at radius 2 is 1.88 bits per heavy atom. The molecule has 5 N–H and O–H groups in total. The van der Waals surface area contributed by atoms with Crippen molar-refractivity contribution in [3.8, 4) is 0 Å². The highest BCUT2D eigenvalue weighted by atomic mass is 16.4. The van der Waals surface area contributed by atoms with Crippen LogP contribution >= 0.6 is 0 Å². The summed E-state index contributed by atoms with van der Waals surface area (Å²) < 4.78 is 0. The van der Waals surface area contributed by atoms with Gasteiger partial charge in [0.25, 0.3) is 0 Å². The molecule has 1 atom stereocenters. The summed E-state index contributed by atoms with van der Waals surface area (Å²) in [6.45, 7) is 3.69. The molecule has 0 aliphatic heterocycles. The Balaban J connectivity index is 3.42. The molecule has 6 heteroatoms. The van der Waals surface area contributed by atoms with E-state index in [0.717, 1.165) is 12.8 Å². The normalized spacial score (nSPS) is 11.9. The lowest BCUT2D eigenvalue weighted by Gasteiger charge is -2.11. The molecule has 0 aromatic rings. The Bertz CT molecular complexity index is 234. The molecular formula is C11H23N3O3. The van der Waals surface area contributed by atoms with Crippen LogP contribution < -0.4 is 16.4 Å². The van der Waals surface area contributed by atoms with Crippen molar-refractivity contribution in [1.82, 2.24) is 10.6 Å². The second-order valence-corrected chi connectivity index (χ2v) is 4.15. The minimum Gasteiger partial charge on any atom is -0.481 e. The van der Waals surface area contributed by atoms with Gasteiger partial charge in [-0.2, -0.15) is 0 Å². The fourth-order valence-electron chi connectivity index (χ4n) is 1.31. The lowest BCUT2D eigenvalue weighted by atomic mass is 10.0. The third kappa shape index (κ3) is 11.0. The maximum absolute atomic E-state index is 11.2. The van der Waals surface area contributed by atoms with E-state index >= 15 is 0 Å². The lowest BCUT2D eigenvalue weighted by Crippen LogP contribution is -2.37. The maximum atomic E-state index is 11.2. The van der Waals surface area contributed by atoms with Crippen LogP contribution in [0.15, 0.2) is 0 Å². The number of hydrogen-bond acceptors (Lipinski definition) is 3. The summed E-state index contributed by atoms with van der Waals surface area (Å²) >= 11 is 0. The number of rotatable bonds is 9. The fraction of sp³-hybridized carbons (Fsp3) is 0.818. The average molecular weight is 245 g/mol. The summed E-state index contributed by atoms with van der Waals surface area (Å²) in [7, 11) is 0. The second kappa shape index (κ2) is 9.89. The summed E-state index contributed by atoms with van der Waals surface area (Å²) in [5, 5.41) is 13.9. The Morgan fingerprint density at radius 1 is 1.24 bits per heavy atom. The highest BCUT2D eigenvalue weighted by Gasteiger charge is 2.06. The number of hydrogen-bond donors (Lipinski definition) is 4. The molecule has 0 radical (unpaired) electrons. The summed E-state index contributed by atoms with van der Waals surface area (Å²) in [6.07, 6.45) is 2.38. The maximum Gasteiger partial charge on any atom is 0.314 e. The summed E-state index contributed by atoms with van der Waals surface area (Å²) in [4.78, 5) is 21.6. The molecule has 100 valence electrons. The predicted octanol–water partition coefficient (Wildman–Crippen LogP) is 0.525. The van der Waals surface area contributed by atoms with E-state index in [4.69, 9.17) is 10.8 Å². The molecule has 0 fully saturated rings. The van der Waals surface area contributed by atoms with Crippen LogP contribution in [0, 0.1) is 5.92 Å². The highest BCUT2D eigenvalue weighted by molar-refractivity contribution is 5.73. The molecule has 1 unspecified atom stereocenters. The average Bonchev–Trinajstić information content (AvgIpc) is 2.27. The molecule has 0 rings (SSSR count). The van der Waals surface area contributed by atoms with E-state index in [1.165, 1.54) is 0 Å². The van der Waals surface area contributed by atoms with Gasteiger partial charge in [0, 0.05) is 19.5 Å². The summed E-state index contributed by atoms with van der Waals surface area (Å²) in [5.74, 6) is -0.472. The van der Waals surface area contributed by atoms with E-state index < -0.39 is 5.97 Å². The summed E-state index contributed by atoms with van der Waals surface area (Å²) in [6, 6.07) is -0.191. The molecule has 17 heavy (non-hydrogen) atoms. The number of nitrogens with one attached hydrogen (secondary N) is 2. The van der Waals surface area contributed by atoms with Crippen LogP contribution in [0.4, 0.5) is 4.79 Å². The quantitative estimate of drug-likeness (QED) is 0.445. The van der Waals surface area contributed by atoms with Crippen LogP contribution in [0.2, 0.25) is 0 Å². The van der Waals surface area contributed by atoms with Crippen LogP contribution in [0.25, 0.3) is 0 Å². The molecule has 6 nitrogen and oxygen atoms in total. The van der Waals surface area contributed by atoms with Crippen LogP contribution in [0.1, 0.15) is 32.6 Å². The van der Waals surface area contributed by atoms with Gasteiger partial charge in [-0.3, -0.25) is 4.79 Å². The number of aliphatic carboxylic acids is 1. The zero-order chi connectivity index (χ0) is 13.1. The van der Waals surface area contributed by atoms with Crippen molar-refractivity contribution in [3.63, 3.8) is 0 Å². The van der Waals surface area contributed by atoms with Gasteiger partial charge in [-0.05, 0) is 31.7 Å². The number of nitrogens with two attached hydrogens (primary N) is 1.